The molecule has 1 unspecified atom stereocenters. The molecule has 0 bridgehead atoms. The summed E-state index contributed by atoms with van der Waals surface area (Å²) in [5, 5.41) is 6.56. The predicted octanol–water partition coefficient (Wildman–Crippen LogP) is 4.53. The van der Waals surface area contributed by atoms with Crippen LogP contribution < -0.4 is 15.8 Å². The van der Waals surface area contributed by atoms with Crippen molar-refractivity contribution in [1.29, 1.82) is 0 Å². The Bertz CT molecular complexity index is 523. The topological polar surface area (TPSA) is 60.2 Å². The maximum Gasteiger partial charge on any atom is 0.197 e. The largest absolute Gasteiger partial charge is 0.484 e. The van der Waals surface area contributed by atoms with Gasteiger partial charge in [0.15, 0.2) is 16.6 Å². The Morgan fingerprint density at radius 3 is 2.85 bits per heavy atom. The zero-order valence-corrected chi connectivity index (χ0v) is 13.7. The van der Waals surface area contributed by atoms with E-state index in [0.717, 1.165) is 17.8 Å². The number of hydrogen-bond donors (Lipinski definition) is 2. The number of ether oxygens (including phenoxy) is 1. The van der Waals surface area contributed by atoms with E-state index in [1.165, 1.54) is 16.4 Å². The van der Waals surface area contributed by atoms with Gasteiger partial charge < -0.3 is 15.8 Å². The maximum atomic E-state index is 5.89. The Labute approximate surface area is 128 Å². The monoisotopic (exact) mass is 311 g/mol. The average Bonchev–Trinajstić information content (AvgIpc) is 3.02. The van der Waals surface area contributed by atoms with Crippen molar-refractivity contribution in [2.45, 2.75) is 45.8 Å². The second-order valence-corrected chi connectivity index (χ2v) is 6.65. The van der Waals surface area contributed by atoms with Crippen LogP contribution in [0.15, 0.2) is 17.5 Å². The molecule has 1 atom stereocenters. The lowest BCUT2D eigenvalue weighted by molar-refractivity contribution is 0.245. The quantitative estimate of drug-likeness (QED) is 0.789. The van der Waals surface area contributed by atoms with E-state index in [2.05, 4.69) is 34.1 Å². The fraction of sp³-hybridized carbons (Fsp3) is 0.500. The molecule has 0 aliphatic rings. The van der Waals surface area contributed by atoms with E-state index >= 15 is 0 Å². The SMILES string of the molecule is CCCC(Nc1snc(N)c1OC(C)C)c1cccs1. The highest BCUT2D eigenvalue weighted by molar-refractivity contribution is 7.11. The number of anilines is 2. The molecule has 3 N–H and O–H groups in total. The first-order valence-corrected chi connectivity index (χ1v) is 8.48. The molecule has 0 spiro atoms. The molecule has 2 aromatic rings. The van der Waals surface area contributed by atoms with Crippen LogP contribution in [-0.4, -0.2) is 10.5 Å². The van der Waals surface area contributed by atoms with Gasteiger partial charge in [0.05, 0.1) is 12.1 Å². The molecule has 0 aliphatic carbocycles. The van der Waals surface area contributed by atoms with Gasteiger partial charge in [0, 0.05) is 4.88 Å². The first-order valence-electron chi connectivity index (χ1n) is 6.83. The molecule has 4 nitrogen and oxygen atoms in total. The maximum absolute atomic E-state index is 5.89. The van der Waals surface area contributed by atoms with Crippen molar-refractivity contribution in [2.24, 2.45) is 0 Å². The van der Waals surface area contributed by atoms with Gasteiger partial charge in [-0.05, 0) is 43.2 Å². The lowest BCUT2D eigenvalue weighted by atomic mass is 10.1. The second kappa shape index (κ2) is 6.95. The number of nitrogens with zero attached hydrogens (tertiary/aromatic N) is 1. The van der Waals surface area contributed by atoms with Crippen LogP contribution in [0.25, 0.3) is 0 Å². The lowest BCUT2D eigenvalue weighted by Crippen LogP contribution is -2.11. The van der Waals surface area contributed by atoms with Gasteiger partial charge >= 0.3 is 0 Å². The van der Waals surface area contributed by atoms with Gasteiger partial charge in [0.2, 0.25) is 0 Å². The molecule has 0 aromatic carbocycles. The van der Waals surface area contributed by atoms with Crippen molar-refractivity contribution in [1.82, 2.24) is 4.37 Å². The molecule has 6 heteroatoms. The fourth-order valence-corrected chi connectivity index (χ4v) is 3.47. The highest BCUT2D eigenvalue weighted by Crippen LogP contribution is 2.39. The second-order valence-electron chi connectivity index (χ2n) is 4.89. The Hall–Kier alpha value is -1.27. The third-order valence-electron chi connectivity index (χ3n) is 2.80. The van der Waals surface area contributed by atoms with E-state index in [0.29, 0.717) is 11.6 Å². The van der Waals surface area contributed by atoms with Gasteiger partial charge in [0.25, 0.3) is 0 Å². The van der Waals surface area contributed by atoms with Crippen LogP contribution in [-0.2, 0) is 0 Å². The first-order chi connectivity index (χ1) is 9.61. The summed E-state index contributed by atoms with van der Waals surface area (Å²) in [6.45, 7) is 6.17. The molecule has 0 radical (unpaired) electrons. The highest BCUT2D eigenvalue weighted by atomic mass is 32.1. The van der Waals surface area contributed by atoms with Gasteiger partial charge in [-0.25, -0.2) is 0 Å². The number of aromatic nitrogens is 1. The summed E-state index contributed by atoms with van der Waals surface area (Å²) in [6, 6.07) is 4.52. The van der Waals surface area contributed by atoms with Crippen molar-refractivity contribution in [3.8, 4) is 5.75 Å². The molecule has 0 amide bonds. The van der Waals surface area contributed by atoms with Gasteiger partial charge in [-0.2, -0.15) is 4.37 Å². The Morgan fingerprint density at radius 1 is 1.45 bits per heavy atom. The number of nitrogen functional groups attached to an aromatic ring is 1. The Balaban J connectivity index is 2.18. The zero-order valence-electron chi connectivity index (χ0n) is 12.1. The van der Waals surface area contributed by atoms with Crippen LogP contribution in [0, 0.1) is 0 Å². The number of thiophene rings is 1. The molecule has 0 aliphatic heterocycles. The smallest absolute Gasteiger partial charge is 0.197 e. The minimum Gasteiger partial charge on any atom is -0.484 e. The van der Waals surface area contributed by atoms with Crippen LogP contribution in [0.1, 0.15) is 44.5 Å². The van der Waals surface area contributed by atoms with E-state index in [1.807, 2.05) is 13.8 Å². The van der Waals surface area contributed by atoms with Gasteiger partial charge in [0.1, 0.15) is 0 Å². The highest BCUT2D eigenvalue weighted by Gasteiger charge is 2.19. The Morgan fingerprint density at radius 2 is 2.25 bits per heavy atom. The predicted molar refractivity (Wildman–Crippen MR) is 87.9 cm³/mol. The van der Waals surface area contributed by atoms with Gasteiger partial charge in [-0.3, -0.25) is 0 Å². The van der Waals surface area contributed by atoms with E-state index in [4.69, 9.17) is 10.5 Å². The molecule has 2 heterocycles. The summed E-state index contributed by atoms with van der Waals surface area (Å²) in [5.41, 5.74) is 5.89. The van der Waals surface area contributed by atoms with Crippen LogP contribution >= 0.6 is 22.9 Å². The van der Waals surface area contributed by atoms with E-state index < -0.39 is 0 Å². The standard InChI is InChI=1S/C14H21N3OS2/c1-4-6-10(11-7-5-8-19-11)16-14-12(18-9(2)3)13(15)17-20-14/h5,7-10,16H,4,6H2,1-3H3,(H2,15,17). The molecule has 20 heavy (non-hydrogen) atoms. The third kappa shape index (κ3) is 3.64. The lowest BCUT2D eigenvalue weighted by Gasteiger charge is -2.18. The molecular formula is C14H21N3OS2. The van der Waals surface area contributed by atoms with Crippen LogP contribution in [0.5, 0.6) is 5.75 Å². The van der Waals surface area contributed by atoms with Gasteiger partial charge in [-0.15, -0.1) is 11.3 Å². The summed E-state index contributed by atoms with van der Waals surface area (Å²) in [7, 11) is 0. The first kappa shape index (κ1) is 15.1. The number of hydrogen-bond acceptors (Lipinski definition) is 6. The van der Waals surface area contributed by atoms with Crippen LogP contribution in [0.3, 0.4) is 0 Å². The molecule has 0 saturated carbocycles. The molecular weight excluding hydrogens is 290 g/mol. The summed E-state index contributed by atoms with van der Waals surface area (Å²) in [6.07, 6.45) is 2.27. The molecule has 110 valence electrons. The minimum atomic E-state index is 0.0839. The average molecular weight is 311 g/mol. The number of nitrogens with one attached hydrogen (secondary N) is 1. The van der Waals surface area contributed by atoms with Crippen molar-refractivity contribution in [2.75, 3.05) is 11.1 Å². The molecule has 0 saturated heterocycles. The van der Waals surface area contributed by atoms with Crippen molar-refractivity contribution < 1.29 is 4.74 Å². The minimum absolute atomic E-state index is 0.0839. The molecule has 2 rings (SSSR count). The zero-order chi connectivity index (χ0) is 14.5. The summed E-state index contributed by atoms with van der Waals surface area (Å²) in [5.74, 6) is 1.15. The fourth-order valence-electron chi connectivity index (χ4n) is 1.96. The Kier molecular flexibility index (Phi) is 5.25. The van der Waals surface area contributed by atoms with E-state index in [9.17, 15) is 0 Å². The van der Waals surface area contributed by atoms with E-state index in [1.54, 1.807) is 11.3 Å². The van der Waals surface area contributed by atoms with Crippen LogP contribution in [0.4, 0.5) is 10.8 Å². The van der Waals surface area contributed by atoms with Gasteiger partial charge in [-0.1, -0.05) is 19.4 Å². The summed E-state index contributed by atoms with van der Waals surface area (Å²) in [4.78, 5) is 1.33. The normalized spacial score (nSPS) is 12.6. The number of nitrogens with two attached hydrogens (primary N) is 1. The molecule has 0 fully saturated rings. The van der Waals surface area contributed by atoms with E-state index in [-0.39, 0.29) is 12.1 Å². The summed E-state index contributed by atoms with van der Waals surface area (Å²) >= 11 is 3.13. The van der Waals surface area contributed by atoms with Crippen LogP contribution in [0.2, 0.25) is 0 Å². The summed E-state index contributed by atoms with van der Waals surface area (Å²) < 4.78 is 9.98. The third-order valence-corrected chi connectivity index (χ3v) is 4.56. The number of rotatable bonds is 7. The van der Waals surface area contributed by atoms with Crippen molar-refractivity contribution in [3.05, 3.63) is 22.4 Å². The molecule has 2 aromatic heterocycles. The van der Waals surface area contributed by atoms with Crippen molar-refractivity contribution in [3.63, 3.8) is 0 Å². The van der Waals surface area contributed by atoms with Crippen molar-refractivity contribution >= 4 is 33.7 Å².